The first-order valence-corrected chi connectivity index (χ1v) is 11.3. The molecule has 2 unspecified atom stereocenters. The molecule has 1 aliphatic carbocycles. The van der Waals surface area contributed by atoms with Crippen LogP contribution in [0.5, 0.6) is 0 Å². The SMILES string of the molecule is CC(C)c1ccccc1C1CC2(CCN1C(=O)OC(C)(C)C)Cc1ccccc1C2=O. The van der Waals surface area contributed by atoms with Crippen LogP contribution in [-0.2, 0) is 11.2 Å². The van der Waals surface area contributed by atoms with Gasteiger partial charge in [0.1, 0.15) is 5.60 Å². The van der Waals surface area contributed by atoms with Crippen molar-refractivity contribution in [2.45, 2.75) is 71.4 Å². The van der Waals surface area contributed by atoms with E-state index in [4.69, 9.17) is 4.74 Å². The number of ketones is 1. The molecule has 1 heterocycles. The van der Waals surface area contributed by atoms with Gasteiger partial charge in [-0.15, -0.1) is 0 Å². The summed E-state index contributed by atoms with van der Waals surface area (Å²) < 4.78 is 5.77. The molecular weight excluding hydrogens is 386 g/mol. The lowest BCUT2D eigenvalue weighted by molar-refractivity contribution is -0.00599. The summed E-state index contributed by atoms with van der Waals surface area (Å²) in [5.41, 5.74) is 3.33. The Hall–Kier alpha value is -2.62. The Bertz CT molecular complexity index is 1000. The fourth-order valence-electron chi connectivity index (χ4n) is 5.22. The molecule has 0 aromatic heterocycles. The second kappa shape index (κ2) is 7.81. The fraction of sp³-hybridized carbons (Fsp3) is 0.481. The number of carbonyl (C=O) groups excluding carboxylic acids is 2. The van der Waals surface area contributed by atoms with Gasteiger partial charge in [0.05, 0.1) is 6.04 Å². The van der Waals surface area contributed by atoms with Crippen LogP contribution in [0.2, 0.25) is 0 Å². The molecule has 2 atom stereocenters. The fourth-order valence-corrected chi connectivity index (χ4v) is 5.22. The highest BCUT2D eigenvalue weighted by atomic mass is 16.6. The molecule has 0 saturated carbocycles. The number of likely N-dealkylation sites (tertiary alicyclic amines) is 1. The zero-order valence-electron chi connectivity index (χ0n) is 19.3. The summed E-state index contributed by atoms with van der Waals surface area (Å²) in [5, 5.41) is 0. The first-order valence-electron chi connectivity index (χ1n) is 11.3. The quantitative estimate of drug-likeness (QED) is 0.573. The Kier molecular flexibility index (Phi) is 5.45. The van der Waals surface area contributed by atoms with E-state index in [1.165, 1.54) is 5.56 Å². The van der Waals surface area contributed by atoms with Crippen molar-refractivity contribution in [1.82, 2.24) is 4.90 Å². The number of Topliss-reactive ketones (excluding diaryl/α,β-unsaturated/α-hetero) is 1. The average Bonchev–Trinajstić information content (AvgIpc) is 2.98. The van der Waals surface area contributed by atoms with Gasteiger partial charge in [0, 0.05) is 17.5 Å². The van der Waals surface area contributed by atoms with Crippen molar-refractivity contribution in [2.24, 2.45) is 5.41 Å². The molecule has 1 amide bonds. The third kappa shape index (κ3) is 4.00. The summed E-state index contributed by atoms with van der Waals surface area (Å²) in [5.74, 6) is 0.560. The summed E-state index contributed by atoms with van der Waals surface area (Å²) in [4.78, 5) is 28.6. The molecule has 31 heavy (non-hydrogen) atoms. The normalized spacial score (nSPS) is 23.4. The van der Waals surface area contributed by atoms with Crippen LogP contribution < -0.4 is 0 Å². The van der Waals surface area contributed by atoms with Crippen molar-refractivity contribution in [3.63, 3.8) is 0 Å². The van der Waals surface area contributed by atoms with E-state index in [9.17, 15) is 9.59 Å². The summed E-state index contributed by atoms with van der Waals surface area (Å²) in [6, 6.07) is 16.1. The number of hydrogen-bond acceptors (Lipinski definition) is 3. The molecular formula is C27H33NO3. The lowest BCUT2D eigenvalue weighted by Crippen LogP contribution is -2.49. The maximum Gasteiger partial charge on any atom is 0.410 e. The largest absolute Gasteiger partial charge is 0.444 e. The molecule has 2 aliphatic rings. The van der Waals surface area contributed by atoms with Crippen molar-refractivity contribution in [3.8, 4) is 0 Å². The predicted octanol–water partition coefficient (Wildman–Crippen LogP) is 6.31. The number of fused-ring (bicyclic) bond motifs is 1. The smallest absolute Gasteiger partial charge is 0.410 e. The molecule has 0 N–H and O–H groups in total. The third-order valence-corrected chi connectivity index (χ3v) is 6.67. The van der Waals surface area contributed by atoms with Crippen molar-refractivity contribution in [3.05, 3.63) is 70.8 Å². The molecule has 2 aromatic carbocycles. The highest BCUT2D eigenvalue weighted by Crippen LogP contribution is 2.51. The third-order valence-electron chi connectivity index (χ3n) is 6.67. The number of nitrogens with zero attached hydrogens (tertiary/aromatic N) is 1. The maximum absolute atomic E-state index is 13.5. The maximum atomic E-state index is 13.5. The van der Waals surface area contributed by atoms with Gasteiger partial charge in [0.25, 0.3) is 0 Å². The summed E-state index contributed by atoms with van der Waals surface area (Å²) >= 11 is 0. The summed E-state index contributed by atoms with van der Waals surface area (Å²) in [6.45, 7) is 10.5. The number of amides is 1. The molecule has 1 spiro atoms. The van der Waals surface area contributed by atoms with E-state index in [1.807, 2.05) is 56.0 Å². The van der Waals surface area contributed by atoms with E-state index in [0.29, 0.717) is 25.3 Å². The first kappa shape index (κ1) is 21.6. The molecule has 4 nitrogen and oxygen atoms in total. The average molecular weight is 420 g/mol. The Balaban J connectivity index is 1.74. The first-order chi connectivity index (χ1) is 14.6. The molecule has 1 saturated heterocycles. The monoisotopic (exact) mass is 419 g/mol. The van der Waals surface area contributed by atoms with Gasteiger partial charge in [0.15, 0.2) is 5.78 Å². The van der Waals surface area contributed by atoms with Gasteiger partial charge in [-0.3, -0.25) is 4.79 Å². The van der Waals surface area contributed by atoms with Crippen LogP contribution >= 0.6 is 0 Å². The molecule has 1 fully saturated rings. The number of rotatable bonds is 2. The van der Waals surface area contributed by atoms with Gasteiger partial charge in [-0.2, -0.15) is 0 Å². The van der Waals surface area contributed by atoms with Gasteiger partial charge in [-0.05, 0) is 62.6 Å². The van der Waals surface area contributed by atoms with Crippen LogP contribution in [0, 0.1) is 5.41 Å². The Morgan fingerprint density at radius 1 is 1.10 bits per heavy atom. The predicted molar refractivity (Wildman–Crippen MR) is 122 cm³/mol. The van der Waals surface area contributed by atoms with Crippen molar-refractivity contribution in [1.29, 1.82) is 0 Å². The summed E-state index contributed by atoms with van der Waals surface area (Å²) in [6.07, 6.45) is 1.75. The number of carbonyl (C=O) groups is 2. The van der Waals surface area contributed by atoms with E-state index in [0.717, 1.165) is 23.1 Å². The minimum atomic E-state index is -0.562. The van der Waals surface area contributed by atoms with Crippen molar-refractivity contribution < 1.29 is 14.3 Å². The van der Waals surface area contributed by atoms with Crippen LogP contribution in [0.4, 0.5) is 4.79 Å². The number of piperidine rings is 1. The van der Waals surface area contributed by atoms with Crippen molar-refractivity contribution in [2.75, 3.05) is 6.54 Å². The van der Waals surface area contributed by atoms with Gasteiger partial charge in [-0.25, -0.2) is 4.79 Å². The van der Waals surface area contributed by atoms with E-state index in [-0.39, 0.29) is 17.9 Å². The van der Waals surface area contributed by atoms with Gasteiger partial charge < -0.3 is 9.64 Å². The topological polar surface area (TPSA) is 46.6 Å². The molecule has 0 bridgehead atoms. The molecule has 0 radical (unpaired) electrons. The van der Waals surface area contributed by atoms with Crippen molar-refractivity contribution >= 4 is 11.9 Å². The minimum Gasteiger partial charge on any atom is -0.444 e. The highest BCUT2D eigenvalue weighted by molar-refractivity contribution is 6.05. The number of ether oxygens (including phenoxy) is 1. The highest BCUT2D eigenvalue weighted by Gasteiger charge is 2.51. The molecule has 4 rings (SSSR count). The zero-order chi connectivity index (χ0) is 22.4. The summed E-state index contributed by atoms with van der Waals surface area (Å²) in [7, 11) is 0. The molecule has 2 aromatic rings. The minimum absolute atomic E-state index is 0.180. The van der Waals surface area contributed by atoms with E-state index in [2.05, 4.69) is 32.0 Å². The zero-order valence-corrected chi connectivity index (χ0v) is 19.3. The second-order valence-electron chi connectivity index (χ2n) is 10.4. The lowest BCUT2D eigenvalue weighted by Gasteiger charge is -2.45. The van der Waals surface area contributed by atoms with Crippen LogP contribution in [0.25, 0.3) is 0 Å². The Morgan fingerprint density at radius 3 is 2.45 bits per heavy atom. The van der Waals surface area contributed by atoms with Crippen LogP contribution in [0.15, 0.2) is 48.5 Å². The molecule has 164 valence electrons. The van der Waals surface area contributed by atoms with Gasteiger partial charge in [0.2, 0.25) is 0 Å². The van der Waals surface area contributed by atoms with E-state index in [1.54, 1.807) is 0 Å². The standard InChI is InChI=1S/C27H33NO3/c1-18(2)20-11-8-9-13-22(20)23-17-27(14-15-28(23)25(30)31-26(3,4)5)16-19-10-6-7-12-21(19)24(27)29/h6-13,18,23H,14-17H2,1-5H3. The van der Waals surface area contributed by atoms with Crippen LogP contribution in [0.1, 0.15) is 86.5 Å². The van der Waals surface area contributed by atoms with Gasteiger partial charge in [-0.1, -0.05) is 62.4 Å². The van der Waals surface area contributed by atoms with Gasteiger partial charge >= 0.3 is 6.09 Å². The lowest BCUT2D eigenvalue weighted by atomic mass is 9.70. The van der Waals surface area contributed by atoms with E-state index >= 15 is 0 Å². The van der Waals surface area contributed by atoms with Crippen LogP contribution in [-0.4, -0.2) is 28.9 Å². The Labute approximate surface area is 185 Å². The Morgan fingerprint density at radius 2 is 1.77 bits per heavy atom. The molecule has 4 heteroatoms. The second-order valence-corrected chi connectivity index (χ2v) is 10.4. The number of benzene rings is 2. The number of hydrogen-bond donors (Lipinski definition) is 0. The van der Waals surface area contributed by atoms with Crippen LogP contribution in [0.3, 0.4) is 0 Å². The molecule has 1 aliphatic heterocycles. The van der Waals surface area contributed by atoms with E-state index < -0.39 is 11.0 Å².